The molecule has 1 aliphatic rings. The molecule has 6 heteroatoms. The zero-order chi connectivity index (χ0) is 9.90. The average molecular weight is 243 g/mol. The maximum atomic E-state index is 11.6. The van der Waals surface area contributed by atoms with Crippen molar-refractivity contribution in [2.75, 3.05) is 25.4 Å². The number of nitrogens with zero attached hydrogens (tertiary/aromatic N) is 1. The number of sulfonamides is 1. The topological polar surface area (TPSA) is 49.4 Å². The molecule has 1 fully saturated rings. The summed E-state index contributed by atoms with van der Waals surface area (Å²) in [6, 6.07) is 0.278. The van der Waals surface area contributed by atoms with Gasteiger partial charge in [0.25, 0.3) is 0 Å². The fourth-order valence-corrected chi connectivity index (χ4v) is 3.13. The lowest BCUT2D eigenvalue weighted by Crippen LogP contribution is -2.51. The highest BCUT2D eigenvalue weighted by molar-refractivity contribution is 7.89. The highest BCUT2D eigenvalue weighted by Crippen LogP contribution is 2.07. The minimum atomic E-state index is -2.97. The van der Waals surface area contributed by atoms with Crippen molar-refractivity contribution in [2.45, 2.75) is 26.3 Å². The Morgan fingerprint density at radius 2 is 2.14 bits per heavy atom. The van der Waals surface area contributed by atoms with Gasteiger partial charge in [-0.05, 0) is 13.3 Å². The van der Waals surface area contributed by atoms with Crippen molar-refractivity contribution < 1.29 is 8.42 Å². The summed E-state index contributed by atoms with van der Waals surface area (Å²) in [5.41, 5.74) is 0. The lowest BCUT2D eigenvalue weighted by atomic mass is 10.3. The van der Waals surface area contributed by atoms with Crippen LogP contribution in [0.5, 0.6) is 0 Å². The molecule has 1 heterocycles. The molecule has 0 spiro atoms. The predicted molar refractivity (Wildman–Crippen MR) is 60.4 cm³/mol. The van der Waals surface area contributed by atoms with Crippen molar-refractivity contribution >= 4 is 22.4 Å². The van der Waals surface area contributed by atoms with E-state index in [9.17, 15) is 8.42 Å². The van der Waals surface area contributed by atoms with E-state index in [0.29, 0.717) is 19.5 Å². The number of hydrogen-bond donors (Lipinski definition) is 1. The van der Waals surface area contributed by atoms with Gasteiger partial charge < -0.3 is 5.32 Å². The van der Waals surface area contributed by atoms with Crippen LogP contribution in [0.2, 0.25) is 0 Å². The van der Waals surface area contributed by atoms with Gasteiger partial charge in [0.05, 0.1) is 5.75 Å². The van der Waals surface area contributed by atoms with Gasteiger partial charge in [-0.2, -0.15) is 4.31 Å². The predicted octanol–water partition coefficient (Wildman–Crippen LogP) is 0.442. The summed E-state index contributed by atoms with van der Waals surface area (Å²) in [6.45, 7) is 5.90. The summed E-state index contributed by atoms with van der Waals surface area (Å²) in [4.78, 5) is 0. The number of rotatable bonds is 3. The first-order chi connectivity index (χ1) is 6.06. The van der Waals surface area contributed by atoms with E-state index in [1.807, 2.05) is 13.8 Å². The van der Waals surface area contributed by atoms with Crippen molar-refractivity contribution in [1.29, 1.82) is 0 Å². The zero-order valence-corrected chi connectivity index (χ0v) is 10.3. The lowest BCUT2D eigenvalue weighted by Gasteiger charge is -2.30. The van der Waals surface area contributed by atoms with Crippen LogP contribution in [0.15, 0.2) is 0 Å². The van der Waals surface area contributed by atoms with Crippen LogP contribution >= 0.6 is 12.4 Å². The number of piperazine rings is 1. The molecule has 0 amide bonds. The smallest absolute Gasteiger partial charge is 0.214 e. The Morgan fingerprint density at radius 1 is 1.50 bits per heavy atom. The van der Waals surface area contributed by atoms with Gasteiger partial charge in [-0.15, -0.1) is 12.4 Å². The minimum Gasteiger partial charge on any atom is -0.312 e. The average Bonchev–Trinajstić information content (AvgIpc) is 2.04. The molecular formula is C8H19ClN2O2S. The monoisotopic (exact) mass is 242 g/mol. The zero-order valence-electron chi connectivity index (χ0n) is 8.69. The fourth-order valence-electron chi connectivity index (χ4n) is 1.54. The Bertz CT molecular complexity index is 256. The van der Waals surface area contributed by atoms with E-state index in [1.54, 1.807) is 4.31 Å². The van der Waals surface area contributed by atoms with Gasteiger partial charge in [0.1, 0.15) is 0 Å². The van der Waals surface area contributed by atoms with Crippen LogP contribution in [0.4, 0.5) is 0 Å². The highest BCUT2D eigenvalue weighted by atomic mass is 35.5. The number of nitrogens with one attached hydrogen (secondary N) is 1. The third-order valence-electron chi connectivity index (χ3n) is 2.19. The molecule has 0 aromatic rings. The summed E-state index contributed by atoms with van der Waals surface area (Å²) in [5.74, 6) is 0.277. The fraction of sp³-hybridized carbons (Fsp3) is 1.00. The largest absolute Gasteiger partial charge is 0.312 e. The van der Waals surface area contributed by atoms with Gasteiger partial charge in [-0.1, -0.05) is 6.92 Å². The van der Waals surface area contributed by atoms with Gasteiger partial charge >= 0.3 is 0 Å². The first-order valence-corrected chi connectivity index (χ1v) is 6.38. The molecule has 1 atom stereocenters. The molecule has 1 aliphatic heterocycles. The molecule has 86 valence electrons. The maximum Gasteiger partial charge on any atom is 0.214 e. The molecule has 1 saturated heterocycles. The standard InChI is InChI=1S/C8H18N2O2S.ClH/c1-3-6-13(11,12)10-5-4-9-8(2)7-10;/h8-9H,3-7H2,1-2H3;1H. The molecular weight excluding hydrogens is 224 g/mol. The van der Waals surface area contributed by atoms with Gasteiger partial charge in [-0.25, -0.2) is 8.42 Å². The van der Waals surface area contributed by atoms with Gasteiger partial charge in [-0.3, -0.25) is 0 Å². The lowest BCUT2D eigenvalue weighted by molar-refractivity contribution is 0.310. The Labute approximate surface area is 92.5 Å². The van der Waals surface area contributed by atoms with Crippen LogP contribution in [0.3, 0.4) is 0 Å². The van der Waals surface area contributed by atoms with Crippen LogP contribution in [0.1, 0.15) is 20.3 Å². The third-order valence-corrected chi connectivity index (χ3v) is 4.23. The van der Waals surface area contributed by atoms with E-state index in [0.717, 1.165) is 6.54 Å². The van der Waals surface area contributed by atoms with Crippen molar-refractivity contribution in [3.05, 3.63) is 0 Å². The van der Waals surface area contributed by atoms with E-state index in [2.05, 4.69) is 5.32 Å². The second-order valence-electron chi connectivity index (χ2n) is 3.53. The first kappa shape index (κ1) is 14.2. The van der Waals surface area contributed by atoms with E-state index in [1.165, 1.54) is 0 Å². The van der Waals surface area contributed by atoms with Gasteiger partial charge in [0, 0.05) is 25.7 Å². The van der Waals surface area contributed by atoms with E-state index < -0.39 is 10.0 Å². The Hall–Kier alpha value is 0.160. The Balaban J connectivity index is 0.00000169. The Kier molecular flexibility index (Phi) is 5.97. The quantitative estimate of drug-likeness (QED) is 0.782. The van der Waals surface area contributed by atoms with Gasteiger partial charge in [0.15, 0.2) is 0 Å². The van der Waals surface area contributed by atoms with Crippen molar-refractivity contribution in [2.24, 2.45) is 0 Å². The molecule has 1 unspecified atom stereocenters. The maximum absolute atomic E-state index is 11.6. The molecule has 0 saturated carbocycles. The van der Waals surface area contributed by atoms with E-state index in [-0.39, 0.29) is 24.2 Å². The summed E-state index contributed by atoms with van der Waals surface area (Å²) < 4.78 is 24.9. The van der Waals surface area contributed by atoms with Crippen molar-refractivity contribution in [1.82, 2.24) is 9.62 Å². The van der Waals surface area contributed by atoms with Crippen molar-refractivity contribution in [3.8, 4) is 0 Å². The van der Waals surface area contributed by atoms with E-state index >= 15 is 0 Å². The van der Waals surface area contributed by atoms with Crippen molar-refractivity contribution in [3.63, 3.8) is 0 Å². The van der Waals surface area contributed by atoms with E-state index in [4.69, 9.17) is 0 Å². The van der Waals surface area contributed by atoms with Crippen LogP contribution in [0.25, 0.3) is 0 Å². The minimum absolute atomic E-state index is 0. The SMILES string of the molecule is CCCS(=O)(=O)N1CCNC(C)C1.Cl. The molecule has 0 aromatic carbocycles. The second kappa shape index (κ2) is 5.90. The highest BCUT2D eigenvalue weighted by Gasteiger charge is 2.25. The molecule has 0 aromatic heterocycles. The first-order valence-electron chi connectivity index (χ1n) is 4.77. The number of hydrogen-bond acceptors (Lipinski definition) is 3. The summed E-state index contributed by atoms with van der Waals surface area (Å²) in [7, 11) is -2.97. The second-order valence-corrected chi connectivity index (χ2v) is 5.62. The number of halogens is 1. The summed E-state index contributed by atoms with van der Waals surface area (Å²) in [6.07, 6.45) is 0.695. The molecule has 1 N–H and O–H groups in total. The van der Waals surface area contributed by atoms with Crippen LogP contribution in [-0.2, 0) is 10.0 Å². The molecule has 0 aliphatic carbocycles. The molecule has 0 bridgehead atoms. The summed E-state index contributed by atoms with van der Waals surface area (Å²) >= 11 is 0. The third kappa shape index (κ3) is 3.73. The normalized spacial score (nSPS) is 24.3. The van der Waals surface area contributed by atoms with Crippen LogP contribution < -0.4 is 5.32 Å². The molecule has 14 heavy (non-hydrogen) atoms. The molecule has 1 rings (SSSR count). The Morgan fingerprint density at radius 3 is 2.64 bits per heavy atom. The van der Waals surface area contributed by atoms with Crippen LogP contribution in [0, 0.1) is 0 Å². The van der Waals surface area contributed by atoms with Crippen LogP contribution in [-0.4, -0.2) is 44.2 Å². The molecule has 4 nitrogen and oxygen atoms in total. The van der Waals surface area contributed by atoms with Gasteiger partial charge in [0.2, 0.25) is 10.0 Å². The summed E-state index contributed by atoms with van der Waals surface area (Å²) in [5, 5.41) is 3.22. The molecule has 0 radical (unpaired) electrons.